The maximum absolute atomic E-state index is 12.9. The molecule has 1 saturated heterocycles. The molecule has 0 saturated carbocycles. The maximum atomic E-state index is 12.9. The zero-order valence-electron chi connectivity index (χ0n) is 19.4. The van der Waals surface area contributed by atoms with Crippen molar-refractivity contribution in [1.29, 1.82) is 0 Å². The first kappa shape index (κ1) is 22.4. The summed E-state index contributed by atoms with van der Waals surface area (Å²) < 4.78 is 5.40. The summed E-state index contributed by atoms with van der Waals surface area (Å²) in [4.78, 5) is 39.2. The van der Waals surface area contributed by atoms with Crippen LogP contribution in [0, 0.1) is 6.92 Å². The van der Waals surface area contributed by atoms with Gasteiger partial charge in [0.2, 0.25) is 5.91 Å². The second kappa shape index (κ2) is 8.98. The zero-order valence-corrected chi connectivity index (χ0v) is 19.4. The third-order valence-electron chi connectivity index (χ3n) is 6.64. The number of anilines is 1. The van der Waals surface area contributed by atoms with Gasteiger partial charge < -0.3 is 9.64 Å². The second-order valence-corrected chi connectivity index (χ2v) is 9.24. The number of benzene rings is 1. The molecule has 0 unspecified atom stereocenters. The minimum absolute atomic E-state index is 0.0136. The summed E-state index contributed by atoms with van der Waals surface area (Å²) in [5, 5.41) is 0. The first-order chi connectivity index (χ1) is 15.3. The predicted molar refractivity (Wildman–Crippen MR) is 122 cm³/mol. The largest absolute Gasteiger partial charge is 0.369 e. The number of piperidine rings is 1. The van der Waals surface area contributed by atoms with Crippen LogP contribution < -0.4 is 4.90 Å². The van der Waals surface area contributed by atoms with E-state index in [-0.39, 0.29) is 17.7 Å². The molecule has 1 fully saturated rings. The van der Waals surface area contributed by atoms with Gasteiger partial charge in [0.05, 0.1) is 6.54 Å². The molecule has 0 aliphatic carbocycles. The van der Waals surface area contributed by atoms with Gasteiger partial charge in [0, 0.05) is 43.8 Å². The van der Waals surface area contributed by atoms with Crippen molar-refractivity contribution in [3.05, 3.63) is 53.0 Å². The lowest BCUT2D eigenvalue weighted by atomic mass is 9.94. The predicted octanol–water partition coefficient (Wildman–Crippen LogP) is 3.40. The third-order valence-corrected chi connectivity index (χ3v) is 6.64. The second-order valence-electron chi connectivity index (χ2n) is 9.24. The van der Waals surface area contributed by atoms with Crippen LogP contribution in [-0.2, 0) is 27.3 Å². The van der Waals surface area contributed by atoms with Crippen LogP contribution in [0.3, 0.4) is 0 Å². The van der Waals surface area contributed by atoms with Crippen LogP contribution in [0.15, 0.2) is 30.3 Å². The number of aryl methyl sites for hydroxylation is 1. The number of aromatic nitrogens is 2. The van der Waals surface area contributed by atoms with Crippen molar-refractivity contribution in [1.82, 2.24) is 14.9 Å². The van der Waals surface area contributed by atoms with E-state index < -0.39 is 5.60 Å². The van der Waals surface area contributed by atoms with Crippen molar-refractivity contribution in [2.24, 2.45) is 0 Å². The van der Waals surface area contributed by atoms with E-state index >= 15 is 0 Å². The lowest BCUT2D eigenvalue weighted by Crippen LogP contribution is -2.50. The Morgan fingerprint density at radius 2 is 1.94 bits per heavy atom. The van der Waals surface area contributed by atoms with Crippen LogP contribution >= 0.6 is 0 Å². The highest BCUT2D eigenvalue weighted by Gasteiger charge is 2.36. The number of nitrogens with zero attached hydrogens (tertiary/aromatic N) is 4. The van der Waals surface area contributed by atoms with Crippen molar-refractivity contribution in [3.63, 3.8) is 0 Å². The average Bonchev–Trinajstić information content (AvgIpc) is 2.81. The van der Waals surface area contributed by atoms with Gasteiger partial charge in [0.25, 0.3) is 5.91 Å². The molecule has 3 heterocycles. The highest BCUT2D eigenvalue weighted by Crippen LogP contribution is 2.33. The van der Waals surface area contributed by atoms with E-state index in [1.54, 1.807) is 25.9 Å². The molecule has 2 aliphatic heterocycles. The zero-order chi connectivity index (χ0) is 22.9. The first-order valence-electron chi connectivity index (χ1n) is 11.4. The Bertz CT molecular complexity index is 1010. The number of carbonyl (C=O) groups is 2. The fourth-order valence-corrected chi connectivity index (χ4v) is 4.56. The molecule has 0 bridgehead atoms. The number of carbonyl (C=O) groups excluding carboxylic acids is 2. The standard InChI is InChI=1S/C25H32N4O3/c1-17-20-12-13-21(30)29(15-18-9-6-5-7-10-18)23(20)27-22(26-17)19-11-8-14-28(16-19)24(31)25(2,3)32-4/h5-7,9-10,19H,8,11-16H2,1-4H3/t19-/m1/s1. The highest BCUT2D eigenvalue weighted by molar-refractivity contribution is 5.95. The van der Waals surface area contributed by atoms with Crippen molar-refractivity contribution >= 4 is 17.6 Å². The highest BCUT2D eigenvalue weighted by atomic mass is 16.5. The molecular weight excluding hydrogens is 404 g/mol. The quantitative estimate of drug-likeness (QED) is 0.718. The molecule has 7 nitrogen and oxygen atoms in total. The van der Waals surface area contributed by atoms with E-state index in [9.17, 15) is 9.59 Å². The van der Waals surface area contributed by atoms with E-state index in [1.165, 1.54) is 0 Å². The number of rotatable bonds is 5. The molecule has 1 aromatic carbocycles. The van der Waals surface area contributed by atoms with Crippen LogP contribution in [0.5, 0.6) is 0 Å². The summed E-state index contributed by atoms with van der Waals surface area (Å²) in [5.41, 5.74) is 2.19. The Kier molecular flexibility index (Phi) is 6.29. The molecule has 7 heteroatoms. The normalized spacial score (nSPS) is 19.1. The van der Waals surface area contributed by atoms with Crippen molar-refractivity contribution in [3.8, 4) is 0 Å². The summed E-state index contributed by atoms with van der Waals surface area (Å²) in [7, 11) is 1.56. The molecule has 32 heavy (non-hydrogen) atoms. The van der Waals surface area contributed by atoms with Crippen LogP contribution in [0.4, 0.5) is 5.82 Å². The molecule has 0 N–H and O–H groups in total. The topological polar surface area (TPSA) is 75.6 Å². The van der Waals surface area contributed by atoms with Gasteiger partial charge in [-0.25, -0.2) is 9.97 Å². The number of likely N-dealkylation sites (tertiary alicyclic amines) is 1. The molecule has 2 amide bonds. The van der Waals surface area contributed by atoms with E-state index in [4.69, 9.17) is 14.7 Å². The SMILES string of the molecule is COC(C)(C)C(=O)N1CCC[C@@H](c2nc(C)c3c(n2)N(Cc2ccccc2)C(=O)CC3)C1. The molecule has 2 aliphatic rings. The summed E-state index contributed by atoms with van der Waals surface area (Å²) >= 11 is 0. The lowest BCUT2D eigenvalue weighted by Gasteiger charge is -2.37. The maximum Gasteiger partial charge on any atom is 0.254 e. The van der Waals surface area contributed by atoms with Gasteiger partial charge in [0.15, 0.2) is 0 Å². The van der Waals surface area contributed by atoms with Gasteiger partial charge in [-0.15, -0.1) is 0 Å². The van der Waals surface area contributed by atoms with Gasteiger partial charge >= 0.3 is 0 Å². The monoisotopic (exact) mass is 436 g/mol. The number of amides is 2. The average molecular weight is 437 g/mol. The molecule has 1 atom stereocenters. The van der Waals surface area contributed by atoms with Crippen molar-refractivity contribution in [2.45, 2.75) is 64.5 Å². The Labute approximate surface area is 189 Å². The summed E-state index contributed by atoms with van der Waals surface area (Å²) in [5.74, 6) is 1.57. The molecule has 170 valence electrons. The van der Waals surface area contributed by atoms with Gasteiger partial charge in [0.1, 0.15) is 17.2 Å². The molecular formula is C25H32N4O3. The number of methoxy groups -OCH3 is 1. The molecule has 0 radical (unpaired) electrons. The number of hydrogen-bond acceptors (Lipinski definition) is 5. The molecule has 2 aromatic rings. The number of ether oxygens (including phenoxy) is 1. The number of fused-ring (bicyclic) bond motifs is 1. The minimum atomic E-state index is -0.854. The Balaban J connectivity index is 1.63. The molecule has 4 rings (SSSR count). The molecule has 1 aromatic heterocycles. The summed E-state index contributed by atoms with van der Waals surface area (Å²) in [6.45, 7) is 7.37. The van der Waals surface area contributed by atoms with Crippen LogP contribution in [0.1, 0.15) is 61.7 Å². The van der Waals surface area contributed by atoms with E-state index in [2.05, 4.69) is 0 Å². The number of hydrogen-bond donors (Lipinski definition) is 0. The molecule has 0 spiro atoms. The minimum Gasteiger partial charge on any atom is -0.369 e. The van der Waals surface area contributed by atoms with E-state index in [0.29, 0.717) is 32.5 Å². The van der Waals surface area contributed by atoms with Crippen LogP contribution in [0.25, 0.3) is 0 Å². The van der Waals surface area contributed by atoms with Gasteiger partial charge in [-0.2, -0.15) is 0 Å². The van der Waals surface area contributed by atoms with Gasteiger partial charge in [-0.3, -0.25) is 14.5 Å². The van der Waals surface area contributed by atoms with Crippen molar-refractivity contribution in [2.75, 3.05) is 25.1 Å². The third kappa shape index (κ3) is 4.39. The fraction of sp³-hybridized carbons (Fsp3) is 0.520. The van der Waals surface area contributed by atoms with Crippen LogP contribution in [0.2, 0.25) is 0 Å². The Morgan fingerprint density at radius 3 is 2.66 bits per heavy atom. The smallest absolute Gasteiger partial charge is 0.254 e. The summed E-state index contributed by atoms with van der Waals surface area (Å²) in [6.07, 6.45) is 2.95. The lowest BCUT2D eigenvalue weighted by molar-refractivity contribution is -0.152. The van der Waals surface area contributed by atoms with Gasteiger partial charge in [-0.1, -0.05) is 30.3 Å². The fourth-order valence-electron chi connectivity index (χ4n) is 4.56. The Hall–Kier alpha value is -2.80. The van der Waals surface area contributed by atoms with Crippen molar-refractivity contribution < 1.29 is 14.3 Å². The van der Waals surface area contributed by atoms with Crippen LogP contribution in [-0.4, -0.2) is 52.5 Å². The first-order valence-corrected chi connectivity index (χ1v) is 11.4. The Morgan fingerprint density at radius 1 is 1.19 bits per heavy atom. The summed E-state index contributed by atoms with van der Waals surface area (Å²) in [6, 6.07) is 9.99. The van der Waals surface area contributed by atoms with E-state index in [1.807, 2.05) is 42.2 Å². The van der Waals surface area contributed by atoms with Gasteiger partial charge in [-0.05, 0) is 45.6 Å². The van der Waals surface area contributed by atoms with E-state index in [0.717, 1.165) is 41.3 Å².